The third kappa shape index (κ3) is 11.1. The van der Waals surface area contributed by atoms with Gasteiger partial charge in [-0.3, -0.25) is 10.1 Å². The molecule has 1 N–H and O–H groups in total. The number of esters is 1. The predicted octanol–water partition coefficient (Wildman–Crippen LogP) is 6.62. The fourth-order valence-electron chi connectivity index (χ4n) is 3.80. The molecule has 0 saturated carbocycles. The Balaban J connectivity index is 1.77. The zero-order valence-corrected chi connectivity index (χ0v) is 19.8. The molecule has 0 fully saturated rings. The Hall–Kier alpha value is -2.73. The van der Waals surface area contributed by atoms with Crippen LogP contribution < -0.4 is 10.1 Å². The SMILES string of the molecule is CCCCCCCCCCCCN[C@H](Cc1ccccc1)C(=O)Oc1ccc([N+](=O)[O-])cc1. The standard InChI is InChI=1S/C27H38N2O4/c1-2-3-4-5-6-7-8-9-10-14-21-28-26(22-23-15-12-11-13-16-23)27(30)33-25-19-17-24(18-20-25)29(31)32/h11-13,15-20,26,28H,2-10,14,21-22H2,1H3/t26-/m1/s1. The van der Waals surface area contributed by atoms with Crippen LogP contribution in [-0.4, -0.2) is 23.5 Å². The fraction of sp³-hybridized carbons (Fsp3) is 0.519. The second-order valence-corrected chi connectivity index (χ2v) is 8.55. The summed E-state index contributed by atoms with van der Waals surface area (Å²) in [6, 6.07) is 15.0. The summed E-state index contributed by atoms with van der Waals surface area (Å²) in [6.07, 6.45) is 13.2. The average molecular weight is 455 g/mol. The van der Waals surface area contributed by atoms with E-state index in [9.17, 15) is 14.9 Å². The van der Waals surface area contributed by atoms with E-state index in [1.165, 1.54) is 75.6 Å². The quantitative estimate of drug-likeness (QED) is 0.0954. The van der Waals surface area contributed by atoms with Crippen molar-refractivity contribution in [2.75, 3.05) is 6.54 Å². The maximum atomic E-state index is 12.8. The van der Waals surface area contributed by atoms with Crippen LogP contribution in [0, 0.1) is 10.1 Å². The number of nitrogens with zero attached hydrogens (tertiary/aromatic N) is 1. The molecule has 0 aliphatic heterocycles. The molecule has 6 nitrogen and oxygen atoms in total. The van der Waals surface area contributed by atoms with E-state index < -0.39 is 11.0 Å². The zero-order chi connectivity index (χ0) is 23.7. The van der Waals surface area contributed by atoms with Gasteiger partial charge in [0, 0.05) is 12.1 Å². The van der Waals surface area contributed by atoms with Crippen LogP contribution in [0.25, 0.3) is 0 Å². The lowest BCUT2D eigenvalue weighted by atomic mass is 10.0. The molecule has 0 unspecified atom stereocenters. The van der Waals surface area contributed by atoms with Gasteiger partial charge in [0.25, 0.3) is 5.69 Å². The van der Waals surface area contributed by atoms with Crippen LogP contribution in [0.1, 0.15) is 76.7 Å². The molecule has 0 amide bonds. The van der Waals surface area contributed by atoms with Gasteiger partial charge in [-0.05, 0) is 37.1 Å². The van der Waals surface area contributed by atoms with E-state index in [1.54, 1.807) is 0 Å². The molecule has 0 bridgehead atoms. The average Bonchev–Trinajstić information content (AvgIpc) is 2.82. The molecule has 0 saturated heterocycles. The minimum Gasteiger partial charge on any atom is -0.425 e. The third-order valence-electron chi connectivity index (χ3n) is 5.75. The summed E-state index contributed by atoms with van der Waals surface area (Å²) in [5.41, 5.74) is 1.02. The van der Waals surface area contributed by atoms with E-state index in [0.717, 1.165) is 24.9 Å². The molecule has 0 spiro atoms. The molecule has 0 radical (unpaired) electrons. The first kappa shape index (κ1) is 26.5. The predicted molar refractivity (Wildman–Crippen MR) is 133 cm³/mol. The Morgan fingerprint density at radius 2 is 1.45 bits per heavy atom. The second kappa shape index (κ2) is 16.0. The number of carbonyl (C=O) groups excluding carboxylic acids is 1. The summed E-state index contributed by atoms with van der Waals surface area (Å²) in [6.45, 7) is 3.00. The highest BCUT2D eigenvalue weighted by molar-refractivity contribution is 5.78. The number of rotatable bonds is 17. The van der Waals surface area contributed by atoms with Crippen molar-refractivity contribution in [3.8, 4) is 5.75 Å². The Bertz CT molecular complexity index is 809. The topological polar surface area (TPSA) is 81.5 Å². The van der Waals surface area contributed by atoms with Gasteiger partial charge in [-0.2, -0.15) is 0 Å². The lowest BCUT2D eigenvalue weighted by molar-refractivity contribution is -0.384. The number of benzene rings is 2. The van der Waals surface area contributed by atoms with E-state index in [4.69, 9.17) is 4.74 Å². The van der Waals surface area contributed by atoms with Gasteiger partial charge in [0.2, 0.25) is 0 Å². The maximum absolute atomic E-state index is 12.8. The molecular weight excluding hydrogens is 416 g/mol. The molecule has 2 rings (SSSR count). The summed E-state index contributed by atoms with van der Waals surface area (Å²) in [7, 11) is 0. The summed E-state index contributed by atoms with van der Waals surface area (Å²) < 4.78 is 5.51. The number of unbranched alkanes of at least 4 members (excludes halogenated alkanes) is 9. The van der Waals surface area contributed by atoms with E-state index in [0.29, 0.717) is 12.2 Å². The second-order valence-electron chi connectivity index (χ2n) is 8.55. The van der Waals surface area contributed by atoms with E-state index in [1.807, 2.05) is 30.3 Å². The first-order valence-electron chi connectivity index (χ1n) is 12.3. The lowest BCUT2D eigenvalue weighted by Crippen LogP contribution is -2.41. The number of hydrogen-bond acceptors (Lipinski definition) is 5. The first-order chi connectivity index (χ1) is 16.1. The van der Waals surface area contributed by atoms with Crippen LogP contribution in [0.2, 0.25) is 0 Å². The number of ether oxygens (including phenoxy) is 1. The molecule has 0 aromatic heterocycles. The normalized spacial score (nSPS) is 11.8. The van der Waals surface area contributed by atoms with Crippen molar-refractivity contribution in [1.29, 1.82) is 0 Å². The molecule has 0 heterocycles. The van der Waals surface area contributed by atoms with Crippen LogP contribution in [0.15, 0.2) is 54.6 Å². The third-order valence-corrected chi connectivity index (χ3v) is 5.75. The van der Waals surface area contributed by atoms with Gasteiger partial charge < -0.3 is 10.1 Å². The number of hydrogen-bond donors (Lipinski definition) is 1. The van der Waals surface area contributed by atoms with Gasteiger partial charge in [0.05, 0.1) is 4.92 Å². The van der Waals surface area contributed by atoms with Crippen molar-refractivity contribution in [1.82, 2.24) is 5.32 Å². The van der Waals surface area contributed by atoms with Crippen molar-refractivity contribution in [3.05, 3.63) is 70.3 Å². The van der Waals surface area contributed by atoms with E-state index >= 15 is 0 Å². The molecule has 1 atom stereocenters. The molecule has 0 aliphatic rings. The van der Waals surface area contributed by atoms with Crippen LogP contribution in [0.5, 0.6) is 5.75 Å². The van der Waals surface area contributed by atoms with Gasteiger partial charge in [0.1, 0.15) is 11.8 Å². The molecule has 33 heavy (non-hydrogen) atoms. The van der Waals surface area contributed by atoms with E-state index in [-0.39, 0.29) is 11.7 Å². The highest BCUT2D eigenvalue weighted by atomic mass is 16.6. The van der Waals surface area contributed by atoms with Crippen molar-refractivity contribution < 1.29 is 14.5 Å². The number of nitro groups is 1. The minimum absolute atomic E-state index is 0.0327. The summed E-state index contributed by atoms with van der Waals surface area (Å²) in [4.78, 5) is 23.2. The smallest absolute Gasteiger partial charge is 0.328 e. The number of nitro benzene ring substituents is 1. The lowest BCUT2D eigenvalue weighted by Gasteiger charge is -2.18. The molecule has 2 aromatic rings. The molecule has 2 aromatic carbocycles. The minimum atomic E-state index is -0.474. The zero-order valence-electron chi connectivity index (χ0n) is 19.8. The number of nitrogens with one attached hydrogen (secondary N) is 1. The monoisotopic (exact) mass is 454 g/mol. The Kier molecular flexibility index (Phi) is 12.8. The van der Waals surface area contributed by atoms with Gasteiger partial charge in [-0.1, -0.05) is 95.0 Å². The van der Waals surface area contributed by atoms with Gasteiger partial charge in [0.15, 0.2) is 0 Å². The van der Waals surface area contributed by atoms with Crippen molar-refractivity contribution >= 4 is 11.7 Å². The summed E-state index contributed by atoms with van der Waals surface area (Å²) >= 11 is 0. The summed E-state index contributed by atoms with van der Waals surface area (Å²) in [5, 5.41) is 14.2. The van der Waals surface area contributed by atoms with Crippen molar-refractivity contribution in [3.63, 3.8) is 0 Å². The molecule has 180 valence electrons. The maximum Gasteiger partial charge on any atom is 0.328 e. The van der Waals surface area contributed by atoms with E-state index in [2.05, 4.69) is 12.2 Å². The van der Waals surface area contributed by atoms with Crippen molar-refractivity contribution in [2.24, 2.45) is 0 Å². The Labute approximate surface area is 197 Å². The Morgan fingerprint density at radius 3 is 2.03 bits per heavy atom. The largest absolute Gasteiger partial charge is 0.425 e. The van der Waals surface area contributed by atoms with Gasteiger partial charge in [-0.15, -0.1) is 0 Å². The van der Waals surface area contributed by atoms with Crippen LogP contribution in [0.4, 0.5) is 5.69 Å². The van der Waals surface area contributed by atoms with Crippen LogP contribution >= 0.6 is 0 Å². The van der Waals surface area contributed by atoms with Gasteiger partial charge in [-0.25, -0.2) is 4.79 Å². The first-order valence-corrected chi connectivity index (χ1v) is 12.3. The molecule has 6 heteroatoms. The Morgan fingerprint density at radius 1 is 0.879 bits per heavy atom. The summed E-state index contributed by atoms with van der Waals surface area (Å²) in [5.74, 6) is -0.0656. The molecule has 0 aliphatic carbocycles. The van der Waals surface area contributed by atoms with Gasteiger partial charge >= 0.3 is 5.97 Å². The number of non-ortho nitro benzene ring substituents is 1. The molecular formula is C27H38N2O4. The van der Waals surface area contributed by atoms with Crippen molar-refractivity contribution in [2.45, 2.75) is 83.6 Å². The highest BCUT2D eigenvalue weighted by Gasteiger charge is 2.21. The van der Waals surface area contributed by atoms with Crippen LogP contribution in [-0.2, 0) is 11.2 Å². The number of carbonyl (C=O) groups is 1. The fourth-order valence-corrected chi connectivity index (χ4v) is 3.80. The highest BCUT2D eigenvalue weighted by Crippen LogP contribution is 2.18. The van der Waals surface area contributed by atoms with Crippen LogP contribution in [0.3, 0.4) is 0 Å².